The van der Waals surface area contributed by atoms with E-state index in [0.29, 0.717) is 9.32 Å². The van der Waals surface area contributed by atoms with E-state index in [-0.39, 0.29) is 11.6 Å². The molecule has 1 aromatic heterocycles. The third kappa shape index (κ3) is 2.23. The summed E-state index contributed by atoms with van der Waals surface area (Å²) in [7, 11) is 2.77. The van der Waals surface area contributed by atoms with Crippen LogP contribution in [0.2, 0.25) is 0 Å². The molecule has 0 saturated carbocycles. The molecule has 3 nitrogen and oxygen atoms in total. The first-order valence-electron chi connectivity index (χ1n) is 3.66. The lowest BCUT2D eigenvalue weighted by atomic mass is 10.3. The van der Waals surface area contributed by atoms with Crippen LogP contribution in [0.15, 0.2) is 6.07 Å². The number of ether oxygens (including phenoxy) is 2. The Morgan fingerprint density at radius 1 is 1.36 bits per heavy atom. The number of aromatic nitrogens is 1. The van der Waals surface area contributed by atoms with Gasteiger partial charge in [-0.25, -0.2) is 13.8 Å². The van der Waals surface area contributed by atoms with Crippen LogP contribution in [0, 0.1) is 3.57 Å². The zero-order chi connectivity index (χ0) is 10.7. The molecule has 0 saturated heterocycles. The van der Waals surface area contributed by atoms with Crippen molar-refractivity contribution in [3.63, 3.8) is 0 Å². The number of alkyl halides is 2. The number of rotatable bonds is 3. The third-order valence-corrected chi connectivity index (χ3v) is 2.65. The Balaban J connectivity index is 3.27. The Labute approximate surface area is 93.6 Å². The molecule has 1 aromatic rings. The van der Waals surface area contributed by atoms with Crippen molar-refractivity contribution in [3.05, 3.63) is 15.3 Å². The third-order valence-electron chi connectivity index (χ3n) is 1.56. The summed E-state index contributed by atoms with van der Waals surface area (Å²) in [6.07, 6.45) is -2.63. The first kappa shape index (κ1) is 11.4. The fourth-order valence-corrected chi connectivity index (χ4v) is 1.63. The minimum Gasteiger partial charge on any atom is -0.495 e. The quantitative estimate of drug-likeness (QED) is 0.804. The van der Waals surface area contributed by atoms with Gasteiger partial charge in [-0.05, 0) is 22.6 Å². The van der Waals surface area contributed by atoms with Gasteiger partial charge in [-0.15, -0.1) is 0 Å². The Hall–Kier alpha value is -0.660. The molecule has 0 aliphatic carbocycles. The van der Waals surface area contributed by atoms with Crippen LogP contribution in [0.4, 0.5) is 8.78 Å². The predicted molar refractivity (Wildman–Crippen MR) is 55.0 cm³/mol. The Kier molecular flexibility index (Phi) is 3.85. The van der Waals surface area contributed by atoms with Crippen LogP contribution in [-0.4, -0.2) is 19.2 Å². The molecule has 1 rings (SSSR count). The summed E-state index contributed by atoms with van der Waals surface area (Å²) in [5.74, 6) is 0.463. The van der Waals surface area contributed by atoms with Gasteiger partial charge in [0.2, 0.25) is 5.88 Å². The van der Waals surface area contributed by atoms with E-state index in [0.717, 1.165) is 0 Å². The number of hydrogen-bond donors (Lipinski definition) is 0. The lowest BCUT2D eigenvalue weighted by Gasteiger charge is -2.09. The van der Waals surface area contributed by atoms with Crippen LogP contribution in [0.5, 0.6) is 11.6 Å². The van der Waals surface area contributed by atoms with Crippen molar-refractivity contribution in [1.29, 1.82) is 0 Å². The first-order chi connectivity index (χ1) is 6.60. The van der Waals surface area contributed by atoms with E-state index in [1.54, 1.807) is 22.6 Å². The standard InChI is InChI=1S/C8H8F2INO2/c1-13-4-3-5(14-2)12-7(6(4)11)8(9)10/h3,8H,1-2H3. The zero-order valence-corrected chi connectivity index (χ0v) is 9.71. The van der Waals surface area contributed by atoms with Crippen molar-refractivity contribution < 1.29 is 18.3 Å². The van der Waals surface area contributed by atoms with Gasteiger partial charge in [0.1, 0.15) is 11.4 Å². The molecular formula is C8H8F2INO2. The predicted octanol–water partition coefficient (Wildman–Crippen LogP) is 2.64. The van der Waals surface area contributed by atoms with Crippen molar-refractivity contribution in [3.8, 4) is 11.6 Å². The molecule has 0 atom stereocenters. The van der Waals surface area contributed by atoms with Crippen LogP contribution in [0.3, 0.4) is 0 Å². The van der Waals surface area contributed by atoms with Crippen molar-refractivity contribution in [2.24, 2.45) is 0 Å². The fraction of sp³-hybridized carbons (Fsp3) is 0.375. The van der Waals surface area contributed by atoms with Crippen molar-refractivity contribution in [1.82, 2.24) is 4.98 Å². The summed E-state index contributed by atoms with van der Waals surface area (Å²) >= 11 is 1.77. The monoisotopic (exact) mass is 315 g/mol. The number of hydrogen-bond acceptors (Lipinski definition) is 3. The zero-order valence-electron chi connectivity index (χ0n) is 7.55. The Bertz CT molecular complexity index is 333. The Morgan fingerprint density at radius 3 is 2.43 bits per heavy atom. The van der Waals surface area contributed by atoms with Gasteiger partial charge < -0.3 is 9.47 Å². The summed E-state index contributed by atoms with van der Waals surface area (Å²) in [6, 6.07) is 1.47. The number of halogens is 3. The smallest absolute Gasteiger partial charge is 0.281 e. The molecule has 0 radical (unpaired) electrons. The molecule has 0 aliphatic heterocycles. The van der Waals surface area contributed by atoms with Gasteiger partial charge in [-0.3, -0.25) is 0 Å². The molecule has 0 unspecified atom stereocenters. The topological polar surface area (TPSA) is 31.4 Å². The van der Waals surface area contributed by atoms with Crippen LogP contribution in [-0.2, 0) is 0 Å². The summed E-state index contributed by atoms with van der Waals surface area (Å²) in [5, 5.41) is 0. The normalized spacial score (nSPS) is 10.4. The van der Waals surface area contributed by atoms with E-state index in [9.17, 15) is 8.78 Å². The largest absolute Gasteiger partial charge is 0.495 e. The maximum absolute atomic E-state index is 12.5. The summed E-state index contributed by atoms with van der Waals surface area (Å²) in [5.41, 5.74) is -0.318. The molecule has 78 valence electrons. The highest BCUT2D eigenvalue weighted by atomic mass is 127. The molecule has 0 aliphatic rings. The highest BCUT2D eigenvalue weighted by Crippen LogP contribution is 2.32. The summed E-state index contributed by atoms with van der Waals surface area (Å²) < 4.78 is 35.0. The minimum absolute atomic E-state index is 0.123. The van der Waals surface area contributed by atoms with E-state index in [1.807, 2.05) is 0 Å². The van der Waals surface area contributed by atoms with E-state index in [2.05, 4.69) is 4.98 Å². The van der Waals surface area contributed by atoms with Gasteiger partial charge in [0.25, 0.3) is 6.43 Å². The second-order valence-corrected chi connectivity index (χ2v) is 3.45. The van der Waals surface area contributed by atoms with Crippen molar-refractivity contribution in [2.75, 3.05) is 14.2 Å². The highest BCUT2D eigenvalue weighted by molar-refractivity contribution is 14.1. The van der Waals surface area contributed by atoms with Gasteiger partial charge in [0.05, 0.1) is 17.8 Å². The molecule has 0 N–H and O–H groups in total. The average molecular weight is 315 g/mol. The second-order valence-electron chi connectivity index (χ2n) is 2.37. The molecule has 14 heavy (non-hydrogen) atoms. The van der Waals surface area contributed by atoms with Gasteiger partial charge in [0.15, 0.2) is 0 Å². The molecule has 0 aromatic carbocycles. The van der Waals surface area contributed by atoms with Gasteiger partial charge >= 0.3 is 0 Å². The van der Waals surface area contributed by atoms with Crippen LogP contribution in [0.1, 0.15) is 12.1 Å². The van der Waals surface area contributed by atoms with E-state index in [4.69, 9.17) is 9.47 Å². The fourth-order valence-electron chi connectivity index (χ4n) is 0.899. The van der Waals surface area contributed by atoms with Crippen molar-refractivity contribution >= 4 is 22.6 Å². The van der Waals surface area contributed by atoms with Gasteiger partial charge in [0, 0.05) is 6.07 Å². The van der Waals surface area contributed by atoms with Gasteiger partial charge in [-0.2, -0.15) is 0 Å². The lowest BCUT2D eigenvalue weighted by molar-refractivity contribution is 0.143. The first-order valence-corrected chi connectivity index (χ1v) is 4.74. The molecule has 0 spiro atoms. The number of nitrogens with zero attached hydrogens (tertiary/aromatic N) is 1. The number of pyridine rings is 1. The second kappa shape index (κ2) is 4.72. The minimum atomic E-state index is -2.63. The lowest BCUT2D eigenvalue weighted by Crippen LogP contribution is -2.00. The number of methoxy groups -OCH3 is 2. The average Bonchev–Trinajstić information content (AvgIpc) is 2.17. The molecule has 0 amide bonds. The van der Waals surface area contributed by atoms with Gasteiger partial charge in [-0.1, -0.05) is 0 Å². The molecule has 1 heterocycles. The van der Waals surface area contributed by atoms with E-state index >= 15 is 0 Å². The molecular weight excluding hydrogens is 307 g/mol. The van der Waals surface area contributed by atoms with Crippen LogP contribution < -0.4 is 9.47 Å². The molecule has 0 bridgehead atoms. The highest BCUT2D eigenvalue weighted by Gasteiger charge is 2.18. The molecule has 0 fully saturated rings. The van der Waals surface area contributed by atoms with E-state index in [1.165, 1.54) is 20.3 Å². The SMILES string of the molecule is COc1cc(OC)c(I)c(C(F)F)n1. The summed E-state index contributed by atoms with van der Waals surface area (Å²) in [4.78, 5) is 3.64. The van der Waals surface area contributed by atoms with Crippen molar-refractivity contribution in [2.45, 2.75) is 6.43 Å². The Morgan fingerprint density at radius 2 is 2.00 bits per heavy atom. The van der Waals surface area contributed by atoms with E-state index < -0.39 is 6.43 Å². The molecule has 6 heteroatoms. The van der Waals surface area contributed by atoms with Crippen LogP contribution >= 0.6 is 22.6 Å². The maximum atomic E-state index is 12.5. The maximum Gasteiger partial charge on any atom is 0.281 e. The van der Waals surface area contributed by atoms with Crippen LogP contribution in [0.25, 0.3) is 0 Å². The summed E-state index contributed by atoms with van der Waals surface area (Å²) in [6.45, 7) is 0.